The first-order valence-corrected chi connectivity index (χ1v) is 6.64. The fraction of sp³-hybridized carbons (Fsp3) is 0.786. The normalized spacial score (nSPS) is 11.8. The summed E-state index contributed by atoms with van der Waals surface area (Å²) in [7, 11) is 0. The average molecular weight is 226 g/mol. The molecule has 2 heteroatoms. The zero-order chi connectivity index (χ0) is 12.2. The van der Waals surface area contributed by atoms with E-state index in [0.717, 1.165) is 32.1 Å². The predicted octanol–water partition coefficient (Wildman–Crippen LogP) is 4.55. The zero-order valence-corrected chi connectivity index (χ0v) is 10.8. The Morgan fingerprint density at radius 1 is 1.00 bits per heavy atom. The van der Waals surface area contributed by atoms with Crippen LogP contribution in [0, 0.1) is 0 Å². The van der Waals surface area contributed by atoms with E-state index >= 15 is 0 Å². The van der Waals surface area contributed by atoms with Crippen molar-refractivity contribution in [2.75, 3.05) is 0 Å². The Balaban J connectivity index is 3.72. The van der Waals surface area contributed by atoms with Crippen molar-refractivity contribution < 1.29 is 9.90 Å². The molecule has 0 aromatic heterocycles. The summed E-state index contributed by atoms with van der Waals surface area (Å²) in [4.78, 5) is 10.9. The van der Waals surface area contributed by atoms with E-state index in [2.05, 4.69) is 13.8 Å². The van der Waals surface area contributed by atoms with E-state index in [0.29, 0.717) is 5.57 Å². The van der Waals surface area contributed by atoms with E-state index in [-0.39, 0.29) is 0 Å². The summed E-state index contributed by atoms with van der Waals surface area (Å²) in [6, 6.07) is 0. The molecule has 0 unspecified atom stereocenters. The zero-order valence-electron chi connectivity index (χ0n) is 10.8. The van der Waals surface area contributed by atoms with Crippen molar-refractivity contribution in [1.29, 1.82) is 0 Å². The third-order valence-electron chi connectivity index (χ3n) is 2.77. The maximum absolute atomic E-state index is 10.9. The van der Waals surface area contributed by atoms with Crippen LogP contribution in [0.5, 0.6) is 0 Å². The van der Waals surface area contributed by atoms with Crippen molar-refractivity contribution in [2.45, 2.75) is 71.6 Å². The fourth-order valence-electron chi connectivity index (χ4n) is 1.69. The Morgan fingerprint density at radius 3 is 2.19 bits per heavy atom. The van der Waals surface area contributed by atoms with Crippen LogP contribution in [-0.4, -0.2) is 11.1 Å². The Morgan fingerprint density at radius 2 is 1.62 bits per heavy atom. The van der Waals surface area contributed by atoms with Gasteiger partial charge in [0.1, 0.15) is 0 Å². The first-order valence-electron chi connectivity index (χ1n) is 6.64. The van der Waals surface area contributed by atoms with Crippen molar-refractivity contribution in [2.24, 2.45) is 0 Å². The average Bonchev–Trinajstić information content (AvgIpc) is 2.26. The lowest BCUT2D eigenvalue weighted by molar-refractivity contribution is -0.132. The van der Waals surface area contributed by atoms with E-state index in [9.17, 15) is 4.79 Å². The molecule has 94 valence electrons. The first kappa shape index (κ1) is 15.2. The van der Waals surface area contributed by atoms with Gasteiger partial charge >= 0.3 is 5.97 Å². The van der Waals surface area contributed by atoms with Gasteiger partial charge in [0.2, 0.25) is 0 Å². The second-order valence-corrected chi connectivity index (χ2v) is 4.34. The van der Waals surface area contributed by atoms with Crippen molar-refractivity contribution >= 4 is 5.97 Å². The van der Waals surface area contributed by atoms with Gasteiger partial charge in [0.05, 0.1) is 0 Å². The summed E-state index contributed by atoms with van der Waals surface area (Å²) in [6.45, 7) is 4.29. The van der Waals surface area contributed by atoms with E-state index < -0.39 is 5.97 Å². The van der Waals surface area contributed by atoms with Gasteiger partial charge in [0.15, 0.2) is 0 Å². The lowest BCUT2D eigenvalue weighted by Crippen LogP contribution is -2.00. The van der Waals surface area contributed by atoms with Gasteiger partial charge < -0.3 is 5.11 Å². The second kappa shape index (κ2) is 10.7. The highest BCUT2D eigenvalue weighted by molar-refractivity contribution is 5.86. The summed E-state index contributed by atoms with van der Waals surface area (Å²) in [5.41, 5.74) is 0.609. The lowest BCUT2D eigenvalue weighted by atomic mass is 10.1. The SMILES string of the molecule is CCCCCCC/C=C(/CCCC)C(=O)O. The maximum Gasteiger partial charge on any atom is 0.331 e. The molecule has 0 aliphatic heterocycles. The molecule has 0 aromatic rings. The molecule has 0 fully saturated rings. The van der Waals surface area contributed by atoms with Gasteiger partial charge in [-0.3, -0.25) is 0 Å². The van der Waals surface area contributed by atoms with Crippen molar-refractivity contribution in [1.82, 2.24) is 0 Å². The standard InChI is InChI=1S/C14H26O2/c1-3-5-7-8-9-10-12-13(14(15)16)11-6-4-2/h12H,3-11H2,1-2H3,(H,15,16)/b13-12-. The highest BCUT2D eigenvalue weighted by Crippen LogP contribution is 2.11. The van der Waals surface area contributed by atoms with Crippen LogP contribution in [0.1, 0.15) is 71.6 Å². The molecule has 16 heavy (non-hydrogen) atoms. The summed E-state index contributed by atoms with van der Waals surface area (Å²) >= 11 is 0. The minimum absolute atomic E-state index is 0.609. The minimum Gasteiger partial charge on any atom is -0.478 e. The number of aliphatic carboxylic acids is 1. The first-order chi connectivity index (χ1) is 7.72. The molecule has 0 aliphatic rings. The van der Waals surface area contributed by atoms with E-state index in [1.807, 2.05) is 6.08 Å². The second-order valence-electron chi connectivity index (χ2n) is 4.34. The fourth-order valence-corrected chi connectivity index (χ4v) is 1.69. The van der Waals surface area contributed by atoms with Crippen LogP contribution < -0.4 is 0 Å². The molecule has 0 saturated carbocycles. The number of carbonyl (C=O) groups is 1. The highest BCUT2D eigenvalue weighted by atomic mass is 16.4. The molecular weight excluding hydrogens is 200 g/mol. The van der Waals surface area contributed by atoms with Crippen LogP contribution in [0.15, 0.2) is 11.6 Å². The molecule has 1 N–H and O–H groups in total. The third kappa shape index (κ3) is 8.51. The molecule has 0 aromatic carbocycles. The topological polar surface area (TPSA) is 37.3 Å². The molecular formula is C14H26O2. The quantitative estimate of drug-likeness (QED) is 0.438. The predicted molar refractivity (Wildman–Crippen MR) is 68.6 cm³/mol. The van der Waals surface area contributed by atoms with Crippen molar-refractivity contribution in [3.05, 3.63) is 11.6 Å². The van der Waals surface area contributed by atoms with Crippen LogP contribution >= 0.6 is 0 Å². The van der Waals surface area contributed by atoms with E-state index in [1.54, 1.807) is 0 Å². The molecule has 0 bridgehead atoms. The third-order valence-corrected chi connectivity index (χ3v) is 2.77. The highest BCUT2D eigenvalue weighted by Gasteiger charge is 2.05. The molecule has 0 atom stereocenters. The molecule has 0 spiro atoms. The molecule has 0 aliphatic carbocycles. The van der Waals surface area contributed by atoms with E-state index in [4.69, 9.17) is 5.11 Å². The van der Waals surface area contributed by atoms with Gasteiger partial charge in [-0.1, -0.05) is 52.0 Å². The van der Waals surface area contributed by atoms with Crippen LogP contribution in [0.25, 0.3) is 0 Å². The van der Waals surface area contributed by atoms with Crippen molar-refractivity contribution in [3.8, 4) is 0 Å². The molecule has 0 heterocycles. The van der Waals surface area contributed by atoms with Crippen LogP contribution in [0.2, 0.25) is 0 Å². The number of rotatable bonds is 10. The maximum atomic E-state index is 10.9. The van der Waals surface area contributed by atoms with Gasteiger partial charge in [0, 0.05) is 5.57 Å². The summed E-state index contributed by atoms with van der Waals surface area (Å²) in [6.07, 6.45) is 11.8. The van der Waals surface area contributed by atoms with Gasteiger partial charge in [-0.05, 0) is 25.7 Å². The Kier molecular flexibility index (Phi) is 10.2. The minimum atomic E-state index is -0.734. The number of hydrogen-bond acceptors (Lipinski definition) is 1. The number of carboxylic acid groups (broad SMARTS) is 1. The monoisotopic (exact) mass is 226 g/mol. The number of hydrogen-bond donors (Lipinski definition) is 1. The largest absolute Gasteiger partial charge is 0.478 e. The Labute approximate surface area is 99.7 Å². The van der Waals surface area contributed by atoms with Gasteiger partial charge in [-0.25, -0.2) is 4.79 Å². The Bertz CT molecular complexity index is 207. The number of allylic oxidation sites excluding steroid dienone is 1. The van der Waals surface area contributed by atoms with Crippen LogP contribution in [-0.2, 0) is 4.79 Å². The molecule has 2 nitrogen and oxygen atoms in total. The smallest absolute Gasteiger partial charge is 0.331 e. The molecule has 0 amide bonds. The number of unbranched alkanes of at least 4 members (excludes halogenated alkanes) is 6. The Hall–Kier alpha value is -0.790. The molecule has 0 radical (unpaired) electrons. The summed E-state index contributed by atoms with van der Waals surface area (Å²) in [5.74, 6) is -0.734. The molecule has 0 saturated heterocycles. The summed E-state index contributed by atoms with van der Waals surface area (Å²) in [5, 5.41) is 8.97. The van der Waals surface area contributed by atoms with Crippen LogP contribution in [0.3, 0.4) is 0 Å². The lowest BCUT2D eigenvalue weighted by Gasteiger charge is -2.01. The van der Waals surface area contributed by atoms with Crippen LogP contribution in [0.4, 0.5) is 0 Å². The van der Waals surface area contributed by atoms with Gasteiger partial charge in [0.25, 0.3) is 0 Å². The van der Waals surface area contributed by atoms with E-state index in [1.165, 1.54) is 25.7 Å². The van der Waals surface area contributed by atoms with Gasteiger partial charge in [-0.2, -0.15) is 0 Å². The summed E-state index contributed by atoms with van der Waals surface area (Å²) < 4.78 is 0. The molecule has 0 rings (SSSR count). The van der Waals surface area contributed by atoms with Gasteiger partial charge in [-0.15, -0.1) is 0 Å². The number of carboxylic acids is 1. The van der Waals surface area contributed by atoms with Crippen molar-refractivity contribution in [3.63, 3.8) is 0 Å².